The number of benzene rings is 1. The second-order valence-corrected chi connectivity index (χ2v) is 5.39. The van der Waals surface area contributed by atoms with Crippen LogP contribution in [0.3, 0.4) is 0 Å². The van der Waals surface area contributed by atoms with Crippen molar-refractivity contribution in [2.75, 3.05) is 19.7 Å². The predicted octanol–water partition coefficient (Wildman–Crippen LogP) is 2.14. The molecule has 0 aliphatic carbocycles. The highest BCUT2D eigenvalue weighted by Crippen LogP contribution is 2.22. The average Bonchev–Trinajstić information content (AvgIpc) is 2.49. The van der Waals surface area contributed by atoms with Gasteiger partial charge in [0.2, 0.25) is 0 Å². The zero-order valence-electron chi connectivity index (χ0n) is 12.1. The van der Waals surface area contributed by atoms with Crippen LogP contribution in [0.4, 0.5) is 0 Å². The van der Waals surface area contributed by atoms with Crippen LogP contribution in [0.5, 0.6) is 5.75 Å². The zero-order chi connectivity index (χ0) is 14.4. The van der Waals surface area contributed by atoms with Crippen molar-refractivity contribution >= 4 is 0 Å². The standard InChI is InChI=1S/C16H23N3O/c1-13-3-2-4-15(12-18)19(13)9-10-20-16-7-5-14(11-17)6-8-16/h5-8,13,15H,2-4,9-10,12,18H2,1H3. The molecule has 2 rings (SSSR count). The molecule has 20 heavy (non-hydrogen) atoms. The van der Waals surface area contributed by atoms with Crippen molar-refractivity contribution in [1.82, 2.24) is 4.90 Å². The van der Waals surface area contributed by atoms with Gasteiger partial charge in [-0.3, -0.25) is 4.90 Å². The zero-order valence-corrected chi connectivity index (χ0v) is 12.1. The van der Waals surface area contributed by atoms with Gasteiger partial charge in [-0.25, -0.2) is 0 Å². The lowest BCUT2D eigenvalue weighted by atomic mass is 9.96. The Hall–Kier alpha value is -1.57. The molecule has 2 N–H and O–H groups in total. The number of nitriles is 1. The molecule has 2 unspecified atom stereocenters. The summed E-state index contributed by atoms with van der Waals surface area (Å²) in [5.41, 5.74) is 6.52. The first-order valence-corrected chi connectivity index (χ1v) is 7.33. The number of ether oxygens (including phenoxy) is 1. The van der Waals surface area contributed by atoms with Crippen LogP contribution in [0.15, 0.2) is 24.3 Å². The minimum atomic E-state index is 0.489. The average molecular weight is 273 g/mol. The van der Waals surface area contributed by atoms with E-state index in [9.17, 15) is 0 Å². The smallest absolute Gasteiger partial charge is 0.119 e. The SMILES string of the molecule is CC1CCCC(CN)N1CCOc1ccc(C#N)cc1. The minimum absolute atomic E-state index is 0.489. The molecule has 0 radical (unpaired) electrons. The summed E-state index contributed by atoms with van der Waals surface area (Å²) in [6.45, 7) is 4.56. The van der Waals surface area contributed by atoms with Gasteiger partial charge in [0.05, 0.1) is 11.6 Å². The number of piperidine rings is 1. The summed E-state index contributed by atoms with van der Waals surface area (Å²) in [4.78, 5) is 2.47. The molecule has 1 saturated heterocycles. The molecule has 1 aromatic carbocycles. The van der Waals surface area contributed by atoms with Crippen molar-refractivity contribution in [3.8, 4) is 11.8 Å². The van der Waals surface area contributed by atoms with Crippen molar-refractivity contribution in [2.24, 2.45) is 5.73 Å². The summed E-state index contributed by atoms with van der Waals surface area (Å²) in [7, 11) is 0. The number of hydrogen-bond acceptors (Lipinski definition) is 4. The first-order chi connectivity index (χ1) is 9.74. The lowest BCUT2D eigenvalue weighted by Gasteiger charge is -2.40. The van der Waals surface area contributed by atoms with Gasteiger partial charge in [-0.2, -0.15) is 5.26 Å². The van der Waals surface area contributed by atoms with Crippen LogP contribution in [-0.2, 0) is 0 Å². The Morgan fingerprint density at radius 1 is 1.35 bits per heavy atom. The van der Waals surface area contributed by atoms with Crippen molar-refractivity contribution in [2.45, 2.75) is 38.3 Å². The van der Waals surface area contributed by atoms with E-state index in [4.69, 9.17) is 15.7 Å². The van der Waals surface area contributed by atoms with Crippen LogP contribution in [0.2, 0.25) is 0 Å². The Kier molecular flexibility index (Phi) is 5.40. The van der Waals surface area contributed by atoms with Gasteiger partial charge in [-0.15, -0.1) is 0 Å². The molecule has 1 aliphatic rings. The maximum atomic E-state index is 8.75. The molecule has 2 atom stereocenters. The number of nitrogens with zero attached hydrogens (tertiary/aromatic N) is 2. The van der Waals surface area contributed by atoms with E-state index < -0.39 is 0 Å². The maximum Gasteiger partial charge on any atom is 0.119 e. The maximum absolute atomic E-state index is 8.75. The van der Waals surface area contributed by atoms with E-state index in [1.165, 1.54) is 19.3 Å². The minimum Gasteiger partial charge on any atom is -0.492 e. The van der Waals surface area contributed by atoms with E-state index in [1.807, 2.05) is 12.1 Å². The third kappa shape index (κ3) is 3.72. The normalized spacial score (nSPS) is 23.2. The van der Waals surface area contributed by atoms with Crippen LogP contribution in [0.25, 0.3) is 0 Å². The van der Waals surface area contributed by atoms with Crippen molar-refractivity contribution in [3.63, 3.8) is 0 Å². The molecule has 1 aromatic rings. The molecular weight excluding hydrogens is 250 g/mol. The monoisotopic (exact) mass is 273 g/mol. The summed E-state index contributed by atoms with van der Waals surface area (Å²) in [6.07, 6.45) is 3.71. The molecule has 0 saturated carbocycles. The summed E-state index contributed by atoms with van der Waals surface area (Å²) >= 11 is 0. The Balaban J connectivity index is 1.83. The van der Waals surface area contributed by atoms with E-state index >= 15 is 0 Å². The molecule has 1 heterocycles. The van der Waals surface area contributed by atoms with Crippen LogP contribution < -0.4 is 10.5 Å². The van der Waals surface area contributed by atoms with E-state index in [0.717, 1.165) is 18.8 Å². The summed E-state index contributed by atoms with van der Waals surface area (Å²) in [6, 6.07) is 10.4. The topological polar surface area (TPSA) is 62.3 Å². The lowest BCUT2D eigenvalue weighted by Crippen LogP contribution is -2.50. The van der Waals surface area contributed by atoms with Crippen molar-refractivity contribution < 1.29 is 4.74 Å². The molecule has 0 spiro atoms. The van der Waals surface area contributed by atoms with Crippen LogP contribution in [0.1, 0.15) is 31.7 Å². The van der Waals surface area contributed by atoms with Crippen molar-refractivity contribution in [3.05, 3.63) is 29.8 Å². The van der Waals surface area contributed by atoms with Gasteiger partial charge < -0.3 is 10.5 Å². The Labute approximate surface area is 121 Å². The van der Waals surface area contributed by atoms with Gasteiger partial charge in [-0.05, 0) is 44.0 Å². The molecule has 4 nitrogen and oxygen atoms in total. The molecule has 0 bridgehead atoms. The molecule has 1 aliphatic heterocycles. The van der Waals surface area contributed by atoms with Crippen molar-refractivity contribution in [1.29, 1.82) is 5.26 Å². The quantitative estimate of drug-likeness (QED) is 0.892. The number of nitrogens with two attached hydrogens (primary N) is 1. The molecule has 1 fully saturated rings. The highest BCUT2D eigenvalue weighted by Gasteiger charge is 2.26. The Bertz CT molecular complexity index is 452. The molecule has 108 valence electrons. The van der Waals surface area contributed by atoms with Crippen LogP contribution in [-0.4, -0.2) is 36.7 Å². The first kappa shape index (κ1) is 14.8. The summed E-state index contributed by atoms with van der Waals surface area (Å²) in [5.74, 6) is 0.818. The van der Waals surface area contributed by atoms with Gasteiger partial charge in [0.1, 0.15) is 12.4 Å². The summed E-state index contributed by atoms with van der Waals surface area (Å²) in [5, 5.41) is 8.75. The highest BCUT2D eigenvalue weighted by atomic mass is 16.5. The van der Waals surface area contributed by atoms with Crippen LogP contribution in [0, 0.1) is 11.3 Å². The molecule has 0 aromatic heterocycles. The van der Waals surface area contributed by atoms with E-state index in [0.29, 0.717) is 24.3 Å². The summed E-state index contributed by atoms with van der Waals surface area (Å²) < 4.78 is 5.76. The largest absolute Gasteiger partial charge is 0.492 e. The first-order valence-electron chi connectivity index (χ1n) is 7.33. The van der Waals surface area contributed by atoms with Gasteiger partial charge in [0.25, 0.3) is 0 Å². The molecule has 4 heteroatoms. The van der Waals surface area contributed by atoms with E-state index in [2.05, 4.69) is 17.9 Å². The highest BCUT2D eigenvalue weighted by molar-refractivity contribution is 5.34. The van der Waals surface area contributed by atoms with E-state index in [-0.39, 0.29) is 0 Å². The van der Waals surface area contributed by atoms with Gasteiger partial charge in [0, 0.05) is 25.2 Å². The number of rotatable bonds is 5. The van der Waals surface area contributed by atoms with Crippen LogP contribution >= 0.6 is 0 Å². The molecular formula is C16H23N3O. The van der Waals surface area contributed by atoms with E-state index in [1.54, 1.807) is 12.1 Å². The third-order valence-corrected chi connectivity index (χ3v) is 4.07. The fraction of sp³-hybridized carbons (Fsp3) is 0.562. The van der Waals surface area contributed by atoms with Gasteiger partial charge >= 0.3 is 0 Å². The van der Waals surface area contributed by atoms with Gasteiger partial charge in [0.15, 0.2) is 0 Å². The molecule has 0 amide bonds. The second-order valence-electron chi connectivity index (χ2n) is 5.39. The number of likely N-dealkylation sites (tertiary alicyclic amines) is 1. The Morgan fingerprint density at radius 2 is 2.10 bits per heavy atom. The third-order valence-electron chi connectivity index (χ3n) is 4.07. The van der Waals surface area contributed by atoms with Gasteiger partial charge in [-0.1, -0.05) is 6.42 Å². The lowest BCUT2D eigenvalue weighted by molar-refractivity contribution is 0.0799. The predicted molar refractivity (Wildman–Crippen MR) is 79.5 cm³/mol. The Morgan fingerprint density at radius 3 is 2.75 bits per heavy atom. The fourth-order valence-corrected chi connectivity index (χ4v) is 2.89. The fourth-order valence-electron chi connectivity index (χ4n) is 2.89. The number of hydrogen-bond donors (Lipinski definition) is 1. The second kappa shape index (κ2) is 7.28.